The molecular weight excluding hydrogens is 428 g/mol. The summed E-state index contributed by atoms with van der Waals surface area (Å²) in [6, 6.07) is 1.88. The number of hydrogen-bond acceptors (Lipinski definition) is 6. The number of carboxylic acids is 1. The molecule has 2 amide bonds. The van der Waals surface area contributed by atoms with Gasteiger partial charge >= 0.3 is 5.97 Å². The van der Waals surface area contributed by atoms with Crippen molar-refractivity contribution in [1.29, 1.82) is 0 Å². The highest BCUT2D eigenvalue weighted by Gasteiger charge is 2.55. The van der Waals surface area contributed by atoms with Gasteiger partial charge in [-0.2, -0.15) is 11.8 Å². The van der Waals surface area contributed by atoms with Gasteiger partial charge in [0.15, 0.2) is 0 Å². The molecule has 2 fully saturated rings. The number of halogens is 1. The minimum atomic E-state index is -0.998. The average Bonchev–Trinajstić information content (AvgIpc) is 2.98. The molecule has 2 aliphatic rings. The highest BCUT2D eigenvalue weighted by Crippen LogP contribution is 2.36. The number of carbonyl (C=O) groups excluding carboxylic acids is 2. The molecule has 8 nitrogen and oxygen atoms in total. The first-order chi connectivity index (χ1) is 14.3. The molecule has 2 saturated heterocycles. The number of aromatic nitrogens is 1. The first-order valence-corrected chi connectivity index (χ1v) is 11.8. The summed E-state index contributed by atoms with van der Waals surface area (Å²) < 4.78 is 0. The van der Waals surface area contributed by atoms with Crippen LogP contribution in [0.3, 0.4) is 0 Å². The molecule has 2 unspecified atom stereocenters. The number of carboxylic acid groups (broad SMARTS) is 1. The van der Waals surface area contributed by atoms with Gasteiger partial charge < -0.3 is 14.9 Å². The van der Waals surface area contributed by atoms with Crippen LogP contribution in [0.5, 0.6) is 0 Å². The quantitative estimate of drug-likeness (QED) is 0.608. The number of aliphatic carboxylic acids is 1. The van der Waals surface area contributed by atoms with Crippen LogP contribution in [0, 0.1) is 0 Å². The molecule has 1 aromatic rings. The second kappa shape index (κ2) is 9.53. The summed E-state index contributed by atoms with van der Waals surface area (Å²) in [5.74, 6) is -0.486. The monoisotopic (exact) mass is 454 g/mol. The summed E-state index contributed by atoms with van der Waals surface area (Å²) in [4.78, 5) is 45.1. The number of rotatable bonds is 7. The van der Waals surface area contributed by atoms with Crippen LogP contribution in [0.2, 0.25) is 5.15 Å². The Bertz CT molecular complexity index is 816. The highest BCUT2D eigenvalue weighted by atomic mass is 35.5. The summed E-state index contributed by atoms with van der Waals surface area (Å²) in [6.07, 6.45) is 5.40. The first kappa shape index (κ1) is 22.8. The molecule has 1 spiro atoms. The van der Waals surface area contributed by atoms with E-state index in [-0.39, 0.29) is 17.0 Å². The SMILES string of the molecule is CCC(C(=O)O)N1C(=O)C(CCSC)NC12CCN(C(=O)c1ccnc(Cl)c1)CC2. The fourth-order valence-electron chi connectivity index (χ4n) is 4.37. The lowest BCUT2D eigenvalue weighted by Crippen LogP contribution is -2.63. The Morgan fingerprint density at radius 1 is 1.43 bits per heavy atom. The molecule has 2 atom stereocenters. The Kier molecular flexibility index (Phi) is 7.26. The van der Waals surface area contributed by atoms with Gasteiger partial charge in [0.1, 0.15) is 11.2 Å². The summed E-state index contributed by atoms with van der Waals surface area (Å²) >= 11 is 7.56. The third-order valence-corrected chi connectivity index (χ3v) is 6.74. The Hall–Kier alpha value is -1.84. The van der Waals surface area contributed by atoms with Crippen LogP contribution in [0.25, 0.3) is 0 Å². The van der Waals surface area contributed by atoms with Crippen molar-refractivity contribution in [2.45, 2.75) is 50.4 Å². The predicted octanol–water partition coefficient (Wildman–Crippen LogP) is 2.08. The molecule has 2 N–H and O–H groups in total. The number of hydrogen-bond donors (Lipinski definition) is 2. The van der Waals surface area contributed by atoms with Gasteiger partial charge in [0, 0.05) is 37.7 Å². The van der Waals surface area contributed by atoms with Crippen molar-refractivity contribution < 1.29 is 19.5 Å². The maximum atomic E-state index is 13.2. The summed E-state index contributed by atoms with van der Waals surface area (Å²) in [5.41, 5.74) is -0.278. The second-order valence-electron chi connectivity index (χ2n) is 7.64. The van der Waals surface area contributed by atoms with E-state index in [4.69, 9.17) is 11.6 Å². The Labute approximate surface area is 185 Å². The van der Waals surface area contributed by atoms with Crippen molar-refractivity contribution in [2.75, 3.05) is 25.1 Å². The fraction of sp³-hybridized carbons (Fsp3) is 0.600. The topological polar surface area (TPSA) is 103 Å². The lowest BCUT2D eigenvalue weighted by molar-refractivity contribution is -0.154. The van der Waals surface area contributed by atoms with Crippen LogP contribution < -0.4 is 5.32 Å². The van der Waals surface area contributed by atoms with Gasteiger partial charge in [-0.25, -0.2) is 9.78 Å². The van der Waals surface area contributed by atoms with E-state index in [0.717, 1.165) is 5.75 Å². The number of thioether (sulfide) groups is 1. The smallest absolute Gasteiger partial charge is 0.326 e. The molecule has 164 valence electrons. The van der Waals surface area contributed by atoms with Crippen LogP contribution in [0.15, 0.2) is 18.3 Å². The van der Waals surface area contributed by atoms with Gasteiger partial charge in [-0.05, 0) is 37.0 Å². The third-order valence-electron chi connectivity index (χ3n) is 5.88. The van der Waals surface area contributed by atoms with E-state index in [0.29, 0.717) is 44.3 Å². The normalized spacial score (nSPS) is 21.8. The Morgan fingerprint density at radius 2 is 2.13 bits per heavy atom. The van der Waals surface area contributed by atoms with Crippen molar-refractivity contribution in [1.82, 2.24) is 20.1 Å². The first-order valence-electron chi connectivity index (χ1n) is 10.1. The number of amides is 2. The minimum Gasteiger partial charge on any atom is -0.480 e. The zero-order valence-electron chi connectivity index (χ0n) is 17.1. The number of pyridine rings is 1. The van der Waals surface area contributed by atoms with Crippen LogP contribution in [-0.4, -0.2) is 80.5 Å². The molecule has 10 heteroatoms. The maximum Gasteiger partial charge on any atom is 0.326 e. The molecule has 0 bridgehead atoms. The van der Waals surface area contributed by atoms with Gasteiger partial charge in [0.2, 0.25) is 5.91 Å². The molecule has 3 heterocycles. The van der Waals surface area contributed by atoms with Crippen LogP contribution in [-0.2, 0) is 9.59 Å². The van der Waals surface area contributed by atoms with Gasteiger partial charge in [0.05, 0.1) is 11.7 Å². The average molecular weight is 455 g/mol. The zero-order valence-corrected chi connectivity index (χ0v) is 18.7. The van der Waals surface area contributed by atoms with Crippen molar-refractivity contribution >= 4 is 41.1 Å². The summed E-state index contributed by atoms with van der Waals surface area (Å²) in [5, 5.41) is 13.4. The number of nitrogens with one attached hydrogen (secondary N) is 1. The molecule has 3 rings (SSSR count). The van der Waals surface area contributed by atoms with E-state index < -0.39 is 23.7 Å². The molecule has 2 aliphatic heterocycles. The van der Waals surface area contributed by atoms with Gasteiger partial charge in [-0.1, -0.05) is 18.5 Å². The van der Waals surface area contributed by atoms with E-state index >= 15 is 0 Å². The zero-order chi connectivity index (χ0) is 21.9. The fourth-order valence-corrected chi connectivity index (χ4v) is 5.01. The van der Waals surface area contributed by atoms with Gasteiger partial charge in [-0.15, -0.1) is 0 Å². The number of piperidine rings is 1. The van der Waals surface area contributed by atoms with Crippen molar-refractivity contribution in [3.05, 3.63) is 29.0 Å². The highest BCUT2D eigenvalue weighted by molar-refractivity contribution is 7.98. The standard InChI is InChI=1S/C20H27ClN4O4S/c1-3-15(19(28)29)25-18(27)14(5-11-30-2)23-20(25)6-9-24(10-7-20)17(26)13-4-8-22-16(21)12-13/h4,8,12,14-15,23H,3,5-7,9-11H2,1-2H3,(H,28,29). The van der Waals surface area contributed by atoms with E-state index in [1.165, 1.54) is 12.3 Å². The molecule has 0 aromatic carbocycles. The number of nitrogens with zero attached hydrogens (tertiary/aromatic N) is 3. The van der Waals surface area contributed by atoms with E-state index in [1.54, 1.807) is 34.6 Å². The number of carbonyl (C=O) groups is 3. The Morgan fingerprint density at radius 3 is 2.70 bits per heavy atom. The third kappa shape index (κ3) is 4.43. The lowest BCUT2D eigenvalue weighted by atomic mass is 9.93. The van der Waals surface area contributed by atoms with Crippen LogP contribution in [0.1, 0.15) is 43.0 Å². The molecule has 0 radical (unpaired) electrons. The molecular formula is C20H27ClN4O4S. The van der Waals surface area contributed by atoms with Crippen molar-refractivity contribution in [3.8, 4) is 0 Å². The number of likely N-dealkylation sites (tertiary alicyclic amines) is 1. The van der Waals surface area contributed by atoms with E-state index in [9.17, 15) is 19.5 Å². The van der Waals surface area contributed by atoms with Gasteiger partial charge in [0.25, 0.3) is 5.91 Å². The molecule has 1 aromatic heterocycles. The van der Waals surface area contributed by atoms with E-state index in [1.807, 2.05) is 6.26 Å². The van der Waals surface area contributed by atoms with Crippen LogP contribution >= 0.6 is 23.4 Å². The largest absolute Gasteiger partial charge is 0.480 e. The summed E-state index contributed by atoms with van der Waals surface area (Å²) in [6.45, 7) is 2.61. The maximum absolute atomic E-state index is 13.2. The van der Waals surface area contributed by atoms with Crippen molar-refractivity contribution in [2.24, 2.45) is 0 Å². The Balaban J connectivity index is 1.80. The van der Waals surface area contributed by atoms with E-state index in [2.05, 4.69) is 10.3 Å². The molecule has 0 aliphatic carbocycles. The van der Waals surface area contributed by atoms with Crippen molar-refractivity contribution in [3.63, 3.8) is 0 Å². The van der Waals surface area contributed by atoms with Crippen LogP contribution in [0.4, 0.5) is 0 Å². The minimum absolute atomic E-state index is 0.144. The molecule has 0 saturated carbocycles. The second-order valence-corrected chi connectivity index (χ2v) is 9.01. The summed E-state index contributed by atoms with van der Waals surface area (Å²) in [7, 11) is 0. The predicted molar refractivity (Wildman–Crippen MR) is 116 cm³/mol. The lowest BCUT2D eigenvalue weighted by Gasteiger charge is -2.46. The molecule has 30 heavy (non-hydrogen) atoms. The van der Waals surface area contributed by atoms with Gasteiger partial charge in [-0.3, -0.25) is 14.9 Å².